The van der Waals surface area contributed by atoms with Crippen LogP contribution < -0.4 is 4.74 Å². The minimum absolute atomic E-state index is 0.0375. The fourth-order valence-electron chi connectivity index (χ4n) is 3.60. The Hall–Kier alpha value is -1.31. The van der Waals surface area contributed by atoms with Crippen molar-refractivity contribution in [2.75, 3.05) is 0 Å². The summed E-state index contributed by atoms with van der Waals surface area (Å²) < 4.78 is 14.8. The first-order valence-corrected chi connectivity index (χ1v) is 18.2. The first-order chi connectivity index (χ1) is 13.4. The molecule has 0 spiro atoms. The van der Waals surface area contributed by atoms with Crippen LogP contribution >= 0.6 is 0 Å². The van der Waals surface area contributed by atoms with Gasteiger partial charge in [0.1, 0.15) is 0 Å². The van der Waals surface area contributed by atoms with Gasteiger partial charge < -0.3 is 0 Å². The monoisotopic (exact) mass is 501 g/mol. The van der Waals surface area contributed by atoms with Gasteiger partial charge in [-0.25, -0.2) is 0 Å². The second kappa shape index (κ2) is 13.0. The maximum absolute atomic E-state index is 12.4. The topological polar surface area (TPSA) is 78.7 Å². The Balaban J connectivity index is 2.83. The van der Waals surface area contributed by atoms with Crippen molar-refractivity contribution in [2.24, 2.45) is 0 Å². The first kappa shape index (κ1) is 24.7. The number of benzene rings is 1. The molecule has 0 amide bonds. The molecule has 1 aromatic rings. The molecule has 0 N–H and O–H groups in total. The van der Waals surface area contributed by atoms with Gasteiger partial charge >= 0.3 is 173 Å². The van der Waals surface area contributed by atoms with Crippen LogP contribution in [0.25, 0.3) is 0 Å². The fraction of sp³-hybridized carbons (Fsp3) is 0.667. The molecular weight excluding hydrogens is 465 g/mol. The van der Waals surface area contributed by atoms with Crippen molar-refractivity contribution in [3.63, 3.8) is 0 Å². The van der Waals surface area contributed by atoms with Crippen LogP contribution in [0.2, 0.25) is 13.3 Å². The zero-order valence-corrected chi connectivity index (χ0v) is 20.6. The molecule has 0 fully saturated rings. The van der Waals surface area contributed by atoms with Crippen LogP contribution in [-0.2, 0) is 4.74 Å². The number of hydrogen-bond donors (Lipinski definition) is 0. The number of ether oxygens (including phenoxy) is 2. The Kier molecular flexibility index (Phi) is 11.5. The van der Waals surface area contributed by atoms with E-state index < -0.39 is 29.5 Å². The standard InChI is InChI=1S/C9H8NO5.3C4H9.Sn/c1-2-14-9(11)15-8-5-3-7(4-6-8)10(12)13;3*1-3-4-2;/h2-6H,1H3;3*1,3-4H2,2H3;. The summed E-state index contributed by atoms with van der Waals surface area (Å²) in [7, 11) is 0. The molecule has 1 rings (SSSR count). The molecule has 1 aromatic carbocycles. The normalized spacial score (nSPS) is 12.4. The van der Waals surface area contributed by atoms with Crippen molar-refractivity contribution < 1.29 is 19.2 Å². The van der Waals surface area contributed by atoms with Crippen molar-refractivity contribution in [3.05, 3.63) is 34.4 Å². The molecule has 0 aromatic heterocycles. The molecule has 0 saturated carbocycles. The van der Waals surface area contributed by atoms with Crippen molar-refractivity contribution in [1.29, 1.82) is 0 Å². The molecule has 0 radical (unpaired) electrons. The van der Waals surface area contributed by atoms with Crippen LogP contribution in [0.3, 0.4) is 0 Å². The zero-order valence-electron chi connectivity index (χ0n) is 17.7. The summed E-state index contributed by atoms with van der Waals surface area (Å²) in [5.74, 6) is 0.263. The Morgan fingerprint density at radius 2 is 1.46 bits per heavy atom. The average molecular weight is 500 g/mol. The van der Waals surface area contributed by atoms with Crippen LogP contribution in [0.1, 0.15) is 66.2 Å². The maximum atomic E-state index is 12.4. The fourth-order valence-corrected chi connectivity index (χ4v) is 19.3. The van der Waals surface area contributed by atoms with Gasteiger partial charge in [0, 0.05) is 0 Å². The number of nitro groups is 1. The number of rotatable bonds is 13. The number of carbonyl (C=O) groups excluding carboxylic acids is 1. The Bertz CT molecular complexity index is 584. The average Bonchev–Trinajstić information content (AvgIpc) is 2.68. The summed E-state index contributed by atoms with van der Waals surface area (Å²) in [5, 5.41) is 10.7. The molecule has 1 unspecified atom stereocenters. The SMILES string of the molecule is CCC[CH2][Sn]([CH2]CCC)([CH2]CCC)[CH](C)OC(=O)Oc1ccc([N+](=O)[O-])cc1. The molecule has 0 aliphatic heterocycles. The van der Waals surface area contributed by atoms with E-state index >= 15 is 0 Å². The summed E-state index contributed by atoms with van der Waals surface area (Å²) in [6.07, 6.45) is 6.40. The molecule has 28 heavy (non-hydrogen) atoms. The van der Waals surface area contributed by atoms with Crippen LogP contribution in [-0.4, -0.2) is 33.6 Å². The number of nitro benzene ring substituents is 1. The van der Waals surface area contributed by atoms with Gasteiger partial charge in [0.05, 0.1) is 0 Å². The molecule has 0 aliphatic rings. The summed E-state index contributed by atoms with van der Waals surface area (Å²) in [5.41, 5.74) is -0.0389. The Morgan fingerprint density at radius 1 is 1.00 bits per heavy atom. The number of unbranched alkanes of at least 4 members (excludes halogenated alkanes) is 3. The quantitative estimate of drug-likeness (QED) is 0.0970. The molecule has 0 heterocycles. The second-order valence-electron chi connectivity index (χ2n) is 7.54. The second-order valence-corrected chi connectivity index (χ2v) is 21.9. The van der Waals surface area contributed by atoms with Gasteiger partial charge in [-0.3, -0.25) is 0 Å². The summed E-state index contributed by atoms with van der Waals surface area (Å²) >= 11 is -2.67. The van der Waals surface area contributed by atoms with Crippen LogP contribution in [0.15, 0.2) is 24.3 Å². The van der Waals surface area contributed by atoms with E-state index in [2.05, 4.69) is 27.7 Å². The third-order valence-corrected chi connectivity index (χ3v) is 22.3. The van der Waals surface area contributed by atoms with Gasteiger partial charge in [-0.15, -0.1) is 0 Å². The summed E-state index contributed by atoms with van der Waals surface area (Å²) in [6, 6.07) is 5.48. The van der Waals surface area contributed by atoms with Gasteiger partial charge in [0.25, 0.3) is 0 Å². The first-order valence-electron chi connectivity index (χ1n) is 10.5. The number of carbonyl (C=O) groups is 1. The van der Waals surface area contributed by atoms with Gasteiger partial charge in [-0.2, -0.15) is 0 Å². The third-order valence-electron chi connectivity index (χ3n) is 5.47. The molecule has 0 bridgehead atoms. The van der Waals surface area contributed by atoms with Crippen molar-refractivity contribution in [2.45, 2.75) is 83.6 Å². The summed E-state index contributed by atoms with van der Waals surface area (Å²) in [6.45, 7) is 8.70. The summed E-state index contributed by atoms with van der Waals surface area (Å²) in [4.78, 5) is 22.6. The Morgan fingerprint density at radius 3 is 1.86 bits per heavy atom. The van der Waals surface area contributed by atoms with Gasteiger partial charge in [-0.05, 0) is 0 Å². The molecule has 6 nitrogen and oxygen atoms in total. The Labute approximate surface area is 173 Å². The molecule has 0 saturated heterocycles. The number of hydrogen-bond acceptors (Lipinski definition) is 5. The van der Waals surface area contributed by atoms with E-state index in [-0.39, 0.29) is 15.6 Å². The molecule has 0 aliphatic carbocycles. The van der Waals surface area contributed by atoms with Gasteiger partial charge in [0.2, 0.25) is 0 Å². The van der Waals surface area contributed by atoms with Gasteiger partial charge in [0.15, 0.2) is 0 Å². The van der Waals surface area contributed by atoms with E-state index in [0.29, 0.717) is 0 Å². The molecular formula is C21H35NO5Sn. The van der Waals surface area contributed by atoms with Crippen LogP contribution in [0, 0.1) is 10.1 Å². The van der Waals surface area contributed by atoms with Crippen LogP contribution in [0.5, 0.6) is 5.75 Å². The van der Waals surface area contributed by atoms with Crippen molar-refractivity contribution in [3.8, 4) is 5.75 Å². The van der Waals surface area contributed by atoms with Crippen molar-refractivity contribution in [1.82, 2.24) is 0 Å². The molecule has 1 atom stereocenters. The van der Waals surface area contributed by atoms with Gasteiger partial charge in [-0.1, -0.05) is 0 Å². The van der Waals surface area contributed by atoms with E-state index in [4.69, 9.17) is 9.47 Å². The van der Waals surface area contributed by atoms with Crippen LogP contribution in [0.4, 0.5) is 10.5 Å². The predicted molar refractivity (Wildman–Crippen MR) is 115 cm³/mol. The molecule has 7 heteroatoms. The van der Waals surface area contributed by atoms with E-state index in [1.807, 2.05) is 0 Å². The predicted octanol–water partition coefficient (Wildman–Crippen LogP) is 6.89. The van der Waals surface area contributed by atoms with E-state index in [0.717, 1.165) is 19.3 Å². The number of non-ortho nitro benzene ring substituents is 1. The number of nitrogens with zero attached hydrogens (tertiary/aromatic N) is 1. The van der Waals surface area contributed by atoms with E-state index in [1.54, 1.807) is 0 Å². The third kappa shape index (κ3) is 7.97. The van der Waals surface area contributed by atoms with Crippen molar-refractivity contribution >= 4 is 30.2 Å². The van der Waals surface area contributed by atoms with E-state index in [1.165, 1.54) is 56.8 Å². The zero-order chi connectivity index (χ0) is 21.0. The minimum atomic E-state index is -2.67. The van der Waals surface area contributed by atoms with E-state index in [9.17, 15) is 14.9 Å². The molecule has 158 valence electrons.